The molecule has 1 aliphatic rings. The van der Waals surface area contributed by atoms with E-state index in [1.807, 2.05) is 6.92 Å². The van der Waals surface area contributed by atoms with Crippen LogP contribution in [0.4, 0.5) is 5.13 Å². The van der Waals surface area contributed by atoms with Gasteiger partial charge in [0.25, 0.3) is 0 Å². The molecule has 98 valence electrons. The summed E-state index contributed by atoms with van der Waals surface area (Å²) in [5.74, 6) is 0.423. The van der Waals surface area contributed by atoms with Crippen molar-refractivity contribution in [2.75, 3.05) is 5.32 Å². The predicted octanol–water partition coefficient (Wildman–Crippen LogP) is 3.02. The molecule has 2 rings (SSSR count). The Morgan fingerprint density at radius 2 is 2.06 bits per heavy atom. The van der Waals surface area contributed by atoms with Crippen LogP contribution in [-0.2, 0) is 4.79 Å². The van der Waals surface area contributed by atoms with Crippen LogP contribution < -0.4 is 5.32 Å². The highest BCUT2D eigenvalue weighted by atomic mass is 32.1. The van der Waals surface area contributed by atoms with Crippen molar-refractivity contribution in [1.29, 1.82) is 0 Å². The van der Waals surface area contributed by atoms with Gasteiger partial charge in [-0.3, -0.25) is 4.79 Å². The number of carbonyl (C=O) groups is 1. The highest BCUT2D eigenvalue weighted by Gasteiger charge is 2.60. The molecule has 18 heavy (non-hydrogen) atoms. The lowest BCUT2D eigenvalue weighted by Gasteiger charge is -2.01. The van der Waals surface area contributed by atoms with Crippen molar-refractivity contribution in [2.24, 2.45) is 17.3 Å². The summed E-state index contributed by atoms with van der Waals surface area (Å²) in [5, 5.41) is 12.1. The lowest BCUT2D eigenvalue weighted by atomic mass is 10.1. The number of nitrogens with one attached hydrogen (secondary N) is 1. The number of nitrogens with zero attached hydrogens (tertiary/aromatic N) is 2. The number of aryl methyl sites for hydroxylation is 1. The monoisotopic (exact) mass is 265 g/mol. The molecule has 1 amide bonds. The molecule has 0 radical (unpaired) electrons. The van der Waals surface area contributed by atoms with Gasteiger partial charge in [-0.15, -0.1) is 10.2 Å². The second-order valence-electron chi connectivity index (χ2n) is 5.68. The van der Waals surface area contributed by atoms with Crippen LogP contribution in [0, 0.1) is 24.2 Å². The molecule has 2 atom stereocenters. The molecule has 1 saturated carbocycles. The smallest absolute Gasteiger partial charge is 0.230 e. The molecular formula is C13H19N3OS. The summed E-state index contributed by atoms with van der Waals surface area (Å²) in [4.78, 5) is 12.2. The first-order valence-electron chi connectivity index (χ1n) is 6.08. The fraction of sp³-hybridized carbons (Fsp3) is 0.615. The molecule has 1 aromatic heterocycles. The van der Waals surface area contributed by atoms with E-state index in [1.54, 1.807) is 0 Å². The third kappa shape index (κ3) is 2.46. The van der Waals surface area contributed by atoms with Crippen molar-refractivity contribution in [3.05, 3.63) is 16.7 Å². The summed E-state index contributed by atoms with van der Waals surface area (Å²) < 4.78 is 0. The zero-order valence-electron chi connectivity index (χ0n) is 11.4. The number of carbonyl (C=O) groups excluding carboxylic acids is 1. The van der Waals surface area contributed by atoms with Gasteiger partial charge in [0.2, 0.25) is 11.0 Å². The van der Waals surface area contributed by atoms with Gasteiger partial charge in [0.15, 0.2) is 0 Å². The van der Waals surface area contributed by atoms with Crippen LogP contribution in [0.15, 0.2) is 11.6 Å². The van der Waals surface area contributed by atoms with E-state index in [0.29, 0.717) is 11.0 Å². The Labute approximate surface area is 112 Å². The molecule has 0 aliphatic heterocycles. The summed E-state index contributed by atoms with van der Waals surface area (Å²) in [6.07, 6.45) is 2.19. The maximum absolute atomic E-state index is 12.2. The lowest BCUT2D eigenvalue weighted by Crippen LogP contribution is -2.16. The van der Waals surface area contributed by atoms with Crippen LogP contribution in [0.25, 0.3) is 0 Å². The number of rotatable bonds is 3. The van der Waals surface area contributed by atoms with E-state index in [2.05, 4.69) is 49.3 Å². The fourth-order valence-electron chi connectivity index (χ4n) is 2.38. The van der Waals surface area contributed by atoms with Crippen LogP contribution in [-0.4, -0.2) is 16.1 Å². The van der Waals surface area contributed by atoms with E-state index in [9.17, 15) is 4.79 Å². The van der Waals surface area contributed by atoms with Gasteiger partial charge in [0.1, 0.15) is 5.01 Å². The second kappa shape index (κ2) is 4.46. The average Bonchev–Trinajstić information content (AvgIpc) is 2.56. The van der Waals surface area contributed by atoms with Crippen LogP contribution in [0.2, 0.25) is 0 Å². The number of aromatic nitrogens is 2. The minimum absolute atomic E-state index is 0.0385. The first-order valence-corrected chi connectivity index (χ1v) is 6.90. The average molecular weight is 265 g/mol. The van der Waals surface area contributed by atoms with Crippen molar-refractivity contribution in [1.82, 2.24) is 10.2 Å². The van der Waals surface area contributed by atoms with Gasteiger partial charge in [0.05, 0.1) is 5.92 Å². The maximum Gasteiger partial charge on any atom is 0.230 e. The number of allylic oxidation sites excluding steroid dienone is 2. The van der Waals surface area contributed by atoms with Crippen molar-refractivity contribution in [3.8, 4) is 0 Å². The quantitative estimate of drug-likeness (QED) is 0.855. The van der Waals surface area contributed by atoms with Crippen LogP contribution in [0.1, 0.15) is 32.7 Å². The highest BCUT2D eigenvalue weighted by molar-refractivity contribution is 7.15. The van der Waals surface area contributed by atoms with Gasteiger partial charge < -0.3 is 5.32 Å². The highest BCUT2D eigenvalue weighted by Crippen LogP contribution is 2.59. The molecule has 1 aromatic rings. The van der Waals surface area contributed by atoms with E-state index >= 15 is 0 Å². The van der Waals surface area contributed by atoms with E-state index < -0.39 is 0 Å². The summed E-state index contributed by atoms with van der Waals surface area (Å²) in [7, 11) is 0. The summed E-state index contributed by atoms with van der Waals surface area (Å²) in [5.41, 5.74) is 1.30. The van der Waals surface area contributed by atoms with Crippen molar-refractivity contribution in [3.63, 3.8) is 0 Å². The molecule has 0 unspecified atom stereocenters. The summed E-state index contributed by atoms with van der Waals surface area (Å²) >= 11 is 1.41. The Hall–Kier alpha value is -1.23. The van der Waals surface area contributed by atoms with Crippen LogP contribution in [0.3, 0.4) is 0 Å². The Morgan fingerprint density at radius 1 is 1.39 bits per heavy atom. The molecule has 0 aromatic carbocycles. The van der Waals surface area contributed by atoms with Gasteiger partial charge >= 0.3 is 0 Å². The standard InChI is InChI=1S/C13H19N3OS/c1-7(2)6-9-10(13(9,4)5)11(17)14-12-16-15-8(3)18-12/h6,9-10H,1-5H3,(H,14,16,17)/t9-,10+/m1/s1. The third-order valence-corrected chi connectivity index (χ3v) is 4.22. The molecule has 1 fully saturated rings. The van der Waals surface area contributed by atoms with Crippen molar-refractivity contribution in [2.45, 2.75) is 34.6 Å². The Balaban J connectivity index is 2.05. The normalized spacial score (nSPS) is 24.5. The lowest BCUT2D eigenvalue weighted by molar-refractivity contribution is -0.118. The molecule has 0 bridgehead atoms. The molecule has 4 nitrogen and oxygen atoms in total. The number of anilines is 1. The largest absolute Gasteiger partial charge is 0.300 e. The van der Waals surface area contributed by atoms with Gasteiger partial charge in [-0.25, -0.2) is 0 Å². The fourth-order valence-corrected chi connectivity index (χ4v) is 2.97. The Bertz CT molecular complexity index is 500. The molecule has 1 N–H and O–H groups in total. The first kappa shape index (κ1) is 13.2. The Kier molecular flexibility index (Phi) is 3.27. The second-order valence-corrected chi connectivity index (χ2v) is 6.87. The van der Waals surface area contributed by atoms with E-state index in [1.165, 1.54) is 16.9 Å². The molecule has 0 saturated heterocycles. The zero-order valence-corrected chi connectivity index (χ0v) is 12.3. The predicted molar refractivity (Wildman–Crippen MR) is 73.5 cm³/mol. The minimum Gasteiger partial charge on any atom is -0.300 e. The van der Waals surface area contributed by atoms with Crippen molar-refractivity contribution >= 4 is 22.4 Å². The minimum atomic E-state index is 0.0385. The zero-order chi connectivity index (χ0) is 13.5. The van der Waals surface area contributed by atoms with Gasteiger partial charge in [-0.2, -0.15) is 0 Å². The molecule has 1 heterocycles. The summed E-state index contributed by atoms with van der Waals surface area (Å²) in [6.45, 7) is 10.3. The number of amides is 1. The molecule has 0 spiro atoms. The summed E-state index contributed by atoms with van der Waals surface area (Å²) in [6, 6.07) is 0. The topological polar surface area (TPSA) is 54.9 Å². The van der Waals surface area contributed by atoms with Gasteiger partial charge in [-0.1, -0.05) is 36.8 Å². The van der Waals surface area contributed by atoms with E-state index in [0.717, 1.165) is 5.01 Å². The molecule has 5 heteroatoms. The van der Waals surface area contributed by atoms with E-state index in [4.69, 9.17) is 0 Å². The number of hydrogen-bond donors (Lipinski definition) is 1. The first-order chi connectivity index (χ1) is 8.32. The number of hydrogen-bond acceptors (Lipinski definition) is 4. The SMILES string of the molecule is CC(C)=C[C@@H]1[C@@H](C(=O)Nc2nnc(C)s2)C1(C)C. The maximum atomic E-state index is 12.2. The van der Waals surface area contributed by atoms with Gasteiger partial charge in [-0.05, 0) is 32.1 Å². The van der Waals surface area contributed by atoms with Crippen LogP contribution >= 0.6 is 11.3 Å². The van der Waals surface area contributed by atoms with E-state index in [-0.39, 0.29) is 17.2 Å². The van der Waals surface area contributed by atoms with Crippen molar-refractivity contribution < 1.29 is 4.79 Å². The Morgan fingerprint density at radius 3 is 2.56 bits per heavy atom. The van der Waals surface area contributed by atoms with Gasteiger partial charge in [0, 0.05) is 0 Å². The molecular weight excluding hydrogens is 246 g/mol. The third-order valence-electron chi connectivity index (χ3n) is 3.46. The van der Waals surface area contributed by atoms with Crippen LogP contribution in [0.5, 0.6) is 0 Å². The molecule has 1 aliphatic carbocycles.